The molecule has 0 atom stereocenters. The molecule has 1 saturated carbocycles. The summed E-state index contributed by atoms with van der Waals surface area (Å²) in [5, 5.41) is 0. The van der Waals surface area contributed by atoms with Crippen molar-refractivity contribution in [3.8, 4) is 0 Å². The lowest BCUT2D eigenvalue weighted by Crippen LogP contribution is -2.13. The van der Waals surface area contributed by atoms with E-state index in [4.69, 9.17) is 0 Å². The predicted molar refractivity (Wildman–Crippen MR) is 69.9 cm³/mol. The van der Waals surface area contributed by atoms with E-state index in [0.29, 0.717) is 16.6 Å². The first-order chi connectivity index (χ1) is 7.79. The summed E-state index contributed by atoms with van der Waals surface area (Å²) in [6.07, 6.45) is 2.14. The molecule has 0 unspecified atom stereocenters. The molecule has 0 heterocycles. The van der Waals surface area contributed by atoms with Crippen LogP contribution in [0, 0.1) is 5.92 Å². The van der Waals surface area contributed by atoms with Gasteiger partial charge in [0.1, 0.15) is 0 Å². The van der Waals surface area contributed by atoms with Crippen LogP contribution in [0.1, 0.15) is 39.2 Å². The van der Waals surface area contributed by atoms with Crippen molar-refractivity contribution in [3.63, 3.8) is 0 Å². The quantitative estimate of drug-likeness (QED) is 0.828. The number of rotatable bonds is 3. The van der Waals surface area contributed by atoms with Gasteiger partial charge in [0.2, 0.25) is 0 Å². The van der Waals surface area contributed by atoms with Gasteiger partial charge in [0.15, 0.2) is 9.84 Å². The van der Waals surface area contributed by atoms with Crippen molar-refractivity contribution < 1.29 is 8.42 Å². The van der Waals surface area contributed by atoms with Gasteiger partial charge in [0.25, 0.3) is 0 Å². The average Bonchev–Trinajstić information content (AvgIpc) is 3.00. The van der Waals surface area contributed by atoms with Crippen molar-refractivity contribution in [2.45, 2.75) is 43.9 Å². The van der Waals surface area contributed by atoms with Gasteiger partial charge in [-0.05, 0) is 41.9 Å². The Morgan fingerprint density at radius 2 is 1.88 bits per heavy atom. The van der Waals surface area contributed by atoms with Gasteiger partial charge in [0.05, 0.1) is 10.6 Å². The van der Waals surface area contributed by atoms with Crippen LogP contribution < -0.4 is 0 Å². The van der Waals surface area contributed by atoms with Gasteiger partial charge >= 0.3 is 0 Å². The van der Waals surface area contributed by atoms with Crippen molar-refractivity contribution in [3.05, 3.63) is 29.8 Å². The topological polar surface area (TPSA) is 34.1 Å². The van der Waals surface area contributed by atoms with Crippen LogP contribution in [0.4, 0.5) is 0 Å². The van der Waals surface area contributed by atoms with Gasteiger partial charge in [-0.1, -0.05) is 32.9 Å². The highest BCUT2D eigenvalue weighted by atomic mass is 32.2. The van der Waals surface area contributed by atoms with E-state index in [-0.39, 0.29) is 5.41 Å². The van der Waals surface area contributed by atoms with E-state index in [9.17, 15) is 8.42 Å². The second kappa shape index (κ2) is 4.13. The molecule has 0 N–H and O–H groups in total. The van der Waals surface area contributed by atoms with Crippen LogP contribution in [0.3, 0.4) is 0 Å². The molecule has 0 bridgehead atoms. The third-order valence-corrected chi connectivity index (χ3v) is 5.09. The molecule has 1 fully saturated rings. The van der Waals surface area contributed by atoms with Crippen molar-refractivity contribution >= 4 is 9.84 Å². The van der Waals surface area contributed by atoms with E-state index in [2.05, 4.69) is 20.8 Å². The minimum Gasteiger partial charge on any atom is -0.224 e. The average molecular weight is 252 g/mol. The van der Waals surface area contributed by atoms with Crippen molar-refractivity contribution in [1.82, 2.24) is 0 Å². The highest BCUT2D eigenvalue weighted by Gasteiger charge is 2.29. The first-order valence-electron chi connectivity index (χ1n) is 6.12. The molecule has 0 spiro atoms. The summed E-state index contributed by atoms with van der Waals surface area (Å²) >= 11 is 0. The van der Waals surface area contributed by atoms with Crippen LogP contribution in [0.15, 0.2) is 29.2 Å². The molecule has 1 aliphatic rings. The molecule has 0 amide bonds. The minimum absolute atomic E-state index is 0.00882. The summed E-state index contributed by atoms with van der Waals surface area (Å²) in [6.45, 7) is 6.29. The molecule has 1 aliphatic carbocycles. The fourth-order valence-corrected chi connectivity index (χ4v) is 3.59. The second-order valence-corrected chi connectivity index (χ2v) is 8.04. The van der Waals surface area contributed by atoms with E-state index < -0.39 is 9.84 Å². The van der Waals surface area contributed by atoms with E-state index in [1.807, 2.05) is 18.2 Å². The fraction of sp³-hybridized carbons (Fsp3) is 0.571. The number of sulfone groups is 1. The van der Waals surface area contributed by atoms with Gasteiger partial charge in [0, 0.05) is 0 Å². The first-order valence-corrected chi connectivity index (χ1v) is 7.77. The lowest BCUT2D eigenvalue weighted by atomic mass is 9.87. The smallest absolute Gasteiger partial charge is 0.178 e. The van der Waals surface area contributed by atoms with Crippen LogP contribution in [0.25, 0.3) is 0 Å². The van der Waals surface area contributed by atoms with Gasteiger partial charge in [-0.15, -0.1) is 0 Å². The normalized spacial score (nSPS) is 17.1. The molecule has 1 aromatic carbocycles. The molecular formula is C14H20O2S. The molecule has 0 aliphatic heterocycles. The van der Waals surface area contributed by atoms with Crippen LogP contribution in [0.5, 0.6) is 0 Å². The molecule has 0 aromatic heterocycles. The van der Waals surface area contributed by atoms with Crippen LogP contribution >= 0.6 is 0 Å². The molecule has 1 aromatic rings. The molecule has 2 nitrogen and oxygen atoms in total. The second-order valence-electron chi connectivity index (χ2n) is 6.00. The number of benzene rings is 1. The SMILES string of the molecule is CC(C)(C)c1cccc(S(=O)(=O)CC2CC2)c1. The van der Waals surface area contributed by atoms with Crippen LogP contribution in [0.2, 0.25) is 0 Å². The molecule has 2 rings (SSSR count). The van der Waals surface area contributed by atoms with Crippen molar-refractivity contribution in [2.24, 2.45) is 5.92 Å². The Kier molecular flexibility index (Phi) is 3.06. The summed E-state index contributed by atoms with van der Waals surface area (Å²) in [5.41, 5.74) is 1.07. The lowest BCUT2D eigenvalue weighted by Gasteiger charge is -2.19. The summed E-state index contributed by atoms with van der Waals surface area (Å²) in [4.78, 5) is 0.483. The third-order valence-electron chi connectivity index (χ3n) is 3.21. The van der Waals surface area contributed by atoms with Gasteiger partial charge in [-0.3, -0.25) is 0 Å². The predicted octanol–water partition coefficient (Wildman–Crippen LogP) is 3.17. The largest absolute Gasteiger partial charge is 0.224 e. The highest BCUT2D eigenvalue weighted by Crippen LogP contribution is 2.33. The van der Waals surface area contributed by atoms with Crippen molar-refractivity contribution in [1.29, 1.82) is 0 Å². The minimum atomic E-state index is -3.08. The zero-order valence-electron chi connectivity index (χ0n) is 10.7. The zero-order valence-corrected chi connectivity index (χ0v) is 11.5. The zero-order chi connectivity index (χ0) is 12.7. The Balaban J connectivity index is 2.32. The highest BCUT2D eigenvalue weighted by molar-refractivity contribution is 7.91. The first kappa shape index (κ1) is 12.6. The summed E-state index contributed by atoms with van der Waals surface area (Å²) in [5.74, 6) is 0.721. The Labute approximate surface area is 104 Å². The Hall–Kier alpha value is -0.830. The Morgan fingerprint density at radius 1 is 1.24 bits per heavy atom. The molecule has 0 radical (unpaired) electrons. The molecule has 94 valence electrons. The standard InChI is InChI=1S/C14H20O2S/c1-14(2,3)12-5-4-6-13(9-12)17(15,16)10-11-7-8-11/h4-6,9,11H,7-8,10H2,1-3H3. The third kappa shape index (κ3) is 3.09. The molecule has 17 heavy (non-hydrogen) atoms. The van der Waals surface area contributed by atoms with E-state index in [1.165, 1.54) is 0 Å². The van der Waals surface area contributed by atoms with E-state index in [0.717, 1.165) is 18.4 Å². The Morgan fingerprint density at radius 3 is 2.41 bits per heavy atom. The van der Waals surface area contributed by atoms with Gasteiger partial charge in [-0.25, -0.2) is 8.42 Å². The molecular weight excluding hydrogens is 232 g/mol. The maximum absolute atomic E-state index is 12.2. The lowest BCUT2D eigenvalue weighted by molar-refractivity contribution is 0.582. The summed E-state index contributed by atoms with van der Waals surface area (Å²) in [6, 6.07) is 7.39. The maximum Gasteiger partial charge on any atom is 0.178 e. The number of hydrogen-bond acceptors (Lipinski definition) is 2. The summed E-state index contributed by atoms with van der Waals surface area (Å²) in [7, 11) is -3.08. The monoisotopic (exact) mass is 252 g/mol. The van der Waals surface area contributed by atoms with Gasteiger partial charge in [-0.2, -0.15) is 0 Å². The summed E-state index contributed by atoms with van der Waals surface area (Å²) < 4.78 is 24.3. The fourth-order valence-electron chi connectivity index (χ4n) is 1.85. The Bertz CT molecular complexity index is 505. The maximum atomic E-state index is 12.2. The van der Waals surface area contributed by atoms with E-state index >= 15 is 0 Å². The van der Waals surface area contributed by atoms with Crippen molar-refractivity contribution in [2.75, 3.05) is 5.75 Å². The molecule has 3 heteroatoms. The van der Waals surface area contributed by atoms with Gasteiger partial charge < -0.3 is 0 Å². The molecule has 0 saturated heterocycles. The van der Waals surface area contributed by atoms with E-state index in [1.54, 1.807) is 6.07 Å². The number of hydrogen-bond donors (Lipinski definition) is 0. The van der Waals surface area contributed by atoms with Crippen LogP contribution in [-0.2, 0) is 15.3 Å². The van der Waals surface area contributed by atoms with Crippen LogP contribution in [-0.4, -0.2) is 14.2 Å².